The number of methoxy groups -OCH3 is 2. The molecule has 0 atom stereocenters. The van der Waals surface area contributed by atoms with E-state index in [0.29, 0.717) is 11.4 Å². The van der Waals surface area contributed by atoms with Crippen LogP contribution in [0.15, 0.2) is 36.4 Å². The van der Waals surface area contributed by atoms with Crippen molar-refractivity contribution in [2.75, 3.05) is 31.5 Å². The van der Waals surface area contributed by atoms with E-state index in [9.17, 15) is 14.7 Å². The highest BCUT2D eigenvalue weighted by atomic mass is 16.5. The van der Waals surface area contributed by atoms with Gasteiger partial charge in [0.25, 0.3) is 5.91 Å². The van der Waals surface area contributed by atoms with Crippen molar-refractivity contribution in [3.8, 4) is 11.5 Å². The summed E-state index contributed by atoms with van der Waals surface area (Å²) in [5.74, 6) is -0.784. The van der Waals surface area contributed by atoms with Gasteiger partial charge in [0, 0.05) is 18.5 Å². The van der Waals surface area contributed by atoms with Crippen LogP contribution in [0.5, 0.6) is 11.5 Å². The molecule has 2 aromatic rings. The van der Waals surface area contributed by atoms with Crippen LogP contribution >= 0.6 is 0 Å². The molecule has 132 valence electrons. The van der Waals surface area contributed by atoms with Crippen LogP contribution in [0.4, 0.5) is 11.4 Å². The Balaban J connectivity index is 2.19. The van der Waals surface area contributed by atoms with Crippen molar-refractivity contribution in [1.82, 2.24) is 0 Å². The first-order valence-corrected chi connectivity index (χ1v) is 7.52. The summed E-state index contributed by atoms with van der Waals surface area (Å²) < 4.78 is 9.82. The fourth-order valence-electron chi connectivity index (χ4n) is 2.28. The molecule has 0 heterocycles. The molecule has 3 N–H and O–H groups in total. The van der Waals surface area contributed by atoms with Crippen LogP contribution in [0.2, 0.25) is 0 Å². The van der Waals surface area contributed by atoms with Crippen molar-refractivity contribution >= 4 is 23.2 Å². The van der Waals surface area contributed by atoms with E-state index in [-0.39, 0.29) is 29.6 Å². The lowest BCUT2D eigenvalue weighted by Crippen LogP contribution is -2.17. The Bertz CT molecular complexity index is 789. The zero-order valence-corrected chi connectivity index (χ0v) is 14.3. The van der Waals surface area contributed by atoms with E-state index >= 15 is 0 Å². The van der Waals surface area contributed by atoms with E-state index in [1.165, 1.54) is 14.2 Å². The van der Waals surface area contributed by atoms with E-state index in [0.717, 1.165) is 5.56 Å². The van der Waals surface area contributed by atoms with Crippen molar-refractivity contribution in [2.24, 2.45) is 0 Å². The van der Waals surface area contributed by atoms with Gasteiger partial charge in [-0.05, 0) is 42.8 Å². The van der Waals surface area contributed by atoms with E-state index in [2.05, 4.69) is 10.6 Å². The molecule has 2 aromatic carbocycles. The van der Waals surface area contributed by atoms with Gasteiger partial charge in [0.05, 0.1) is 12.7 Å². The Hall–Kier alpha value is -3.06. The Labute approximate surface area is 145 Å². The number of carbonyl (C=O) groups excluding carboxylic acids is 2. The van der Waals surface area contributed by atoms with Gasteiger partial charge in [0.15, 0.2) is 11.5 Å². The fraction of sp³-hybridized carbons (Fsp3) is 0.222. The maximum atomic E-state index is 12.5. The first-order chi connectivity index (χ1) is 11.9. The summed E-state index contributed by atoms with van der Waals surface area (Å²) in [7, 11) is 2.85. The van der Waals surface area contributed by atoms with Gasteiger partial charge in [-0.2, -0.15) is 0 Å². The third-order valence-corrected chi connectivity index (χ3v) is 3.36. The second-order valence-electron chi connectivity index (χ2n) is 5.38. The fourth-order valence-corrected chi connectivity index (χ4v) is 2.28. The van der Waals surface area contributed by atoms with Crippen molar-refractivity contribution in [3.63, 3.8) is 0 Å². The number of phenolic OH excluding ortho intramolecular Hbond substituents is 1. The first-order valence-electron chi connectivity index (χ1n) is 7.52. The molecule has 2 rings (SSSR count). The molecule has 0 aromatic heterocycles. The van der Waals surface area contributed by atoms with E-state index in [4.69, 9.17) is 9.47 Å². The summed E-state index contributed by atoms with van der Waals surface area (Å²) in [4.78, 5) is 24.0. The maximum absolute atomic E-state index is 12.5. The van der Waals surface area contributed by atoms with Gasteiger partial charge < -0.3 is 25.2 Å². The van der Waals surface area contributed by atoms with Crippen molar-refractivity contribution in [2.45, 2.75) is 6.92 Å². The highest BCUT2D eigenvalue weighted by Crippen LogP contribution is 2.31. The predicted molar refractivity (Wildman–Crippen MR) is 94.3 cm³/mol. The first kappa shape index (κ1) is 18.3. The van der Waals surface area contributed by atoms with E-state index in [1.54, 1.807) is 43.3 Å². The standard InChI is InChI=1S/C18H20N2O5/c1-11-7-14(17(22)15(8-11)25-3)18(23)20-13-6-4-5-12(9-13)19-16(21)10-24-2/h4-9,22H,10H2,1-3H3,(H,19,21)(H,20,23). The maximum Gasteiger partial charge on any atom is 0.259 e. The number of amides is 2. The summed E-state index contributed by atoms with van der Waals surface area (Å²) >= 11 is 0. The number of benzene rings is 2. The molecule has 0 spiro atoms. The number of aromatic hydroxyl groups is 1. The minimum Gasteiger partial charge on any atom is -0.504 e. The number of hydrogen-bond acceptors (Lipinski definition) is 5. The molecule has 0 aliphatic heterocycles. The van der Waals surface area contributed by atoms with Crippen molar-refractivity contribution in [1.29, 1.82) is 0 Å². The average molecular weight is 344 g/mol. The van der Waals surface area contributed by atoms with Gasteiger partial charge in [0.1, 0.15) is 6.61 Å². The van der Waals surface area contributed by atoms with Crippen LogP contribution in [-0.4, -0.2) is 37.7 Å². The van der Waals surface area contributed by atoms with Crippen LogP contribution in [0, 0.1) is 6.92 Å². The van der Waals surface area contributed by atoms with Crippen LogP contribution in [0.25, 0.3) is 0 Å². The second-order valence-corrected chi connectivity index (χ2v) is 5.38. The van der Waals surface area contributed by atoms with Gasteiger partial charge in [-0.1, -0.05) is 6.07 Å². The van der Waals surface area contributed by atoms with E-state index < -0.39 is 5.91 Å². The van der Waals surface area contributed by atoms with Crippen molar-refractivity contribution < 1.29 is 24.2 Å². The predicted octanol–water partition coefficient (Wildman–Crippen LogP) is 2.55. The molecule has 0 unspecified atom stereocenters. The number of rotatable bonds is 6. The van der Waals surface area contributed by atoms with Crippen LogP contribution in [0.3, 0.4) is 0 Å². The SMILES string of the molecule is COCC(=O)Nc1cccc(NC(=O)c2cc(C)cc(OC)c2O)c1. The lowest BCUT2D eigenvalue weighted by molar-refractivity contribution is -0.119. The Morgan fingerprint density at radius 3 is 2.40 bits per heavy atom. The summed E-state index contributed by atoms with van der Waals surface area (Å²) in [5.41, 5.74) is 1.87. The molecule has 0 saturated heterocycles. The summed E-state index contributed by atoms with van der Waals surface area (Å²) in [6, 6.07) is 9.87. The van der Waals surface area contributed by atoms with Gasteiger partial charge in [-0.3, -0.25) is 9.59 Å². The molecular weight excluding hydrogens is 324 g/mol. The van der Waals surface area contributed by atoms with Crippen molar-refractivity contribution in [3.05, 3.63) is 47.5 Å². The summed E-state index contributed by atoms with van der Waals surface area (Å²) in [5, 5.41) is 15.5. The number of nitrogens with one attached hydrogen (secondary N) is 2. The number of aryl methyl sites for hydroxylation is 1. The van der Waals surface area contributed by atoms with E-state index in [1.807, 2.05) is 0 Å². The average Bonchev–Trinajstić information content (AvgIpc) is 2.57. The molecule has 0 radical (unpaired) electrons. The summed E-state index contributed by atoms with van der Waals surface area (Å²) in [6.07, 6.45) is 0. The zero-order chi connectivity index (χ0) is 18.4. The number of phenols is 1. The molecule has 7 heteroatoms. The normalized spacial score (nSPS) is 10.2. The minimum atomic E-state index is -0.486. The monoisotopic (exact) mass is 344 g/mol. The molecular formula is C18H20N2O5. The topological polar surface area (TPSA) is 96.9 Å². The molecule has 0 aliphatic carbocycles. The Morgan fingerprint density at radius 1 is 1.08 bits per heavy atom. The third-order valence-electron chi connectivity index (χ3n) is 3.36. The molecule has 2 amide bonds. The van der Waals surface area contributed by atoms with Gasteiger partial charge in [-0.15, -0.1) is 0 Å². The molecule has 0 saturated carbocycles. The lowest BCUT2D eigenvalue weighted by atomic mass is 10.1. The molecule has 0 bridgehead atoms. The summed E-state index contributed by atoms with van der Waals surface area (Å²) in [6.45, 7) is 1.73. The number of hydrogen-bond donors (Lipinski definition) is 3. The van der Waals surface area contributed by atoms with Crippen LogP contribution in [0.1, 0.15) is 15.9 Å². The Kier molecular flexibility index (Phi) is 5.97. The third kappa shape index (κ3) is 4.71. The number of anilines is 2. The lowest BCUT2D eigenvalue weighted by Gasteiger charge is -2.12. The molecule has 0 fully saturated rings. The van der Waals surface area contributed by atoms with Crippen LogP contribution < -0.4 is 15.4 Å². The Morgan fingerprint density at radius 2 is 1.76 bits per heavy atom. The largest absolute Gasteiger partial charge is 0.504 e. The van der Waals surface area contributed by atoms with Gasteiger partial charge in [0.2, 0.25) is 5.91 Å². The van der Waals surface area contributed by atoms with Gasteiger partial charge >= 0.3 is 0 Å². The van der Waals surface area contributed by atoms with Gasteiger partial charge in [-0.25, -0.2) is 0 Å². The smallest absolute Gasteiger partial charge is 0.259 e. The highest BCUT2D eigenvalue weighted by molar-refractivity contribution is 6.07. The molecule has 25 heavy (non-hydrogen) atoms. The minimum absolute atomic E-state index is 0.0620. The molecule has 7 nitrogen and oxygen atoms in total. The highest BCUT2D eigenvalue weighted by Gasteiger charge is 2.16. The quantitative estimate of drug-likeness (QED) is 0.748. The number of ether oxygens (including phenoxy) is 2. The van der Waals surface area contributed by atoms with Crippen LogP contribution in [-0.2, 0) is 9.53 Å². The second kappa shape index (κ2) is 8.16. The zero-order valence-electron chi connectivity index (χ0n) is 14.3. The molecule has 0 aliphatic rings. The number of carbonyl (C=O) groups is 2.